The van der Waals surface area contributed by atoms with Gasteiger partial charge in [0.15, 0.2) is 9.84 Å². The summed E-state index contributed by atoms with van der Waals surface area (Å²) < 4.78 is 30.7. The van der Waals surface area contributed by atoms with E-state index in [2.05, 4.69) is 20.9 Å². The summed E-state index contributed by atoms with van der Waals surface area (Å²) in [6.45, 7) is 1.82. The lowest BCUT2D eigenvalue weighted by atomic mass is 10.2. The van der Waals surface area contributed by atoms with Gasteiger partial charge in [-0.1, -0.05) is 0 Å². The Balaban J connectivity index is 2.21. The Labute approximate surface area is 108 Å². The van der Waals surface area contributed by atoms with Gasteiger partial charge in [-0.25, -0.2) is 13.4 Å². The summed E-state index contributed by atoms with van der Waals surface area (Å²) in [6.07, 6.45) is 2.42. The number of halogens is 1. The first-order valence-corrected chi connectivity index (χ1v) is 7.95. The van der Waals surface area contributed by atoms with E-state index in [1.165, 1.54) is 0 Å². The summed E-state index contributed by atoms with van der Waals surface area (Å²) in [4.78, 5) is 4.46. The minimum absolute atomic E-state index is 0.156. The lowest BCUT2D eigenvalue weighted by molar-refractivity contribution is 0.165. The van der Waals surface area contributed by atoms with Crippen LogP contribution in [-0.2, 0) is 9.84 Å². The van der Waals surface area contributed by atoms with Crippen molar-refractivity contribution in [2.75, 3.05) is 5.75 Å². The van der Waals surface area contributed by atoms with Crippen molar-refractivity contribution in [1.29, 1.82) is 0 Å². The molecule has 0 amide bonds. The molecule has 1 aromatic rings. The number of rotatable bonds is 0. The molecule has 6 heteroatoms. The van der Waals surface area contributed by atoms with Gasteiger partial charge in [-0.2, -0.15) is 0 Å². The lowest BCUT2D eigenvalue weighted by Gasteiger charge is -2.14. The standard InChI is InChI=1S/C11H12BrNO3S/c1-7-6-8-10(13-9(7)12)16-11(2-3-11)4-5-17(8,14)15/h6H,2-5H2,1H3. The van der Waals surface area contributed by atoms with Crippen LogP contribution >= 0.6 is 15.9 Å². The fourth-order valence-corrected chi connectivity index (χ4v) is 3.87. The molecule has 3 rings (SSSR count). The number of nitrogens with zero attached hydrogens (tertiary/aromatic N) is 1. The summed E-state index contributed by atoms with van der Waals surface area (Å²) in [7, 11) is -3.26. The van der Waals surface area contributed by atoms with Crippen molar-refractivity contribution in [2.45, 2.75) is 36.7 Å². The van der Waals surface area contributed by atoms with E-state index in [1.807, 2.05) is 6.92 Å². The van der Waals surface area contributed by atoms with Crippen molar-refractivity contribution in [1.82, 2.24) is 4.98 Å². The zero-order valence-electron chi connectivity index (χ0n) is 9.36. The van der Waals surface area contributed by atoms with Crippen LogP contribution in [0.4, 0.5) is 0 Å². The van der Waals surface area contributed by atoms with E-state index in [0.29, 0.717) is 11.0 Å². The van der Waals surface area contributed by atoms with E-state index in [9.17, 15) is 8.42 Å². The number of hydrogen-bond donors (Lipinski definition) is 0. The van der Waals surface area contributed by atoms with Gasteiger partial charge >= 0.3 is 0 Å². The molecule has 2 heterocycles. The Bertz CT molecular complexity index is 593. The first-order chi connectivity index (χ1) is 7.92. The predicted octanol–water partition coefficient (Wildman–Crippen LogP) is 2.24. The van der Waals surface area contributed by atoms with Crippen LogP contribution in [-0.4, -0.2) is 24.8 Å². The van der Waals surface area contributed by atoms with E-state index < -0.39 is 9.84 Å². The van der Waals surface area contributed by atoms with Crippen LogP contribution in [0.25, 0.3) is 0 Å². The summed E-state index contributed by atoms with van der Waals surface area (Å²) >= 11 is 3.31. The molecule has 17 heavy (non-hydrogen) atoms. The third-order valence-electron chi connectivity index (χ3n) is 3.37. The molecule has 2 aliphatic rings. The maximum Gasteiger partial charge on any atom is 0.234 e. The molecule has 0 radical (unpaired) electrons. The Morgan fingerprint density at radius 1 is 1.41 bits per heavy atom. The molecule has 1 aliphatic heterocycles. The summed E-state index contributed by atoms with van der Waals surface area (Å²) in [5.41, 5.74) is 0.544. The van der Waals surface area contributed by atoms with Crippen LogP contribution in [0.3, 0.4) is 0 Å². The van der Waals surface area contributed by atoms with Crippen molar-refractivity contribution in [3.8, 4) is 5.88 Å². The highest BCUT2D eigenvalue weighted by Crippen LogP contribution is 2.47. The highest BCUT2D eigenvalue weighted by Gasteiger charge is 2.49. The minimum Gasteiger partial charge on any atom is -0.470 e. The van der Waals surface area contributed by atoms with Crippen molar-refractivity contribution >= 4 is 25.8 Å². The van der Waals surface area contributed by atoms with Gasteiger partial charge in [-0.15, -0.1) is 0 Å². The summed E-state index contributed by atoms with van der Waals surface area (Å²) in [5, 5.41) is 0. The Morgan fingerprint density at radius 2 is 2.12 bits per heavy atom. The molecule has 1 saturated carbocycles. The van der Waals surface area contributed by atoms with Crippen LogP contribution in [0.15, 0.2) is 15.6 Å². The van der Waals surface area contributed by atoms with Gasteiger partial charge in [0.2, 0.25) is 5.88 Å². The number of aromatic nitrogens is 1. The molecule has 1 aliphatic carbocycles. The van der Waals surface area contributed by atoms with Crippen molar-refractivity contribution in [3.63, 3.8) is 0 Å². The third-order valence-corrected chi connectivity index (χ3v) is 5.87. The molecule has 4 nitrogen and oxygen atoms in total. The van der Waals surface area contributed by atoms with E-state index in [1.54, 1.807) is 6.07 Å². The number of fused-ring (bicyclic) bond motifs is 1. The number of hydrogen-bond acceptors (Lipinski definition) is 4. The second-order valence-electron chi connectivity index (χ2n) is 4.75. The van der Waals surface area contributed by atoms with Crippen molar-refractivity contribution in [3.05, 3.63) is 16.2 Å². The number of sulfone groups is 1. The molecular formula is C11H12BrNO3S. The van der Waals surface area contributed by atoms with E-state index >= 15 is 0 Å². The molecular weight excluding hydrogens is 306 g/mol. The van der Waals surface area contributed by atoms with Gasteiger partial charge in [0, 0.05) is 6.42 Å². The third kappa shape index (κ3) is 1.87. The zero-order valence-corrected chi connectivity index (χ0v) is 11.8. The second-order valence-corrected chi connectivity index (χ2v) is 7.58. The Kier molecular flexibility index (Phi) is 2.32. The number of aryl methyl sites for hydroxylation is 1. The average molecular weight is 318 g/mol. The molecule has 0 N–H and O–H groups in total. The van der Waals surface area contributed by atoms with Crippen LogP contribution in [0.2, 0.25) is 0 Å². The maximum atomic E-state index is 12.1. The highest BCUT2D eigenvalue weighted by atomic mass is 79.9. The SMILES string of the molecule is Cc1cc2c(nc1Br)OC1(CC1)CCS2(=O)=O. The monoisotopic (exact) mass is 317 g/mol. The van der Waals surface area contributed by atoms with Crippen molar-refractivity contribution in [2.24, 2.45) is 0 Å². The molecule has 92 valence electrons. The van der Waals surface area contributed by atoms with Crippen LogP contribution in [0.5, 0.6) is 5.88 Å². The number of pyridine rings is 1. The Hall–Kier alpha value is -0.620. The first kappa shape index (κ1) is 11.5. The number of ether oxygens (including phenoxy) is 1. The van der Waals surface area contributed by atoms with Crippen LogP contribution in [0, 0.1) is 6.92 Å². The van der Waals surface area contributed by atoms with Gasteiger partial charge in [-0.3, -0.25) is 0 Å². The molecule has 0 atom stereocenters. The molecule has 0 aromatic carbocycles. The Morgan fingerprint density at radius 3 is 2.76 bits per heavy atom. The molecule has 1 spiro atoms. The van der Waals surface area contributed by atoms with Gasteiger partial charge in [0.25, 0.3) is 0 Å². The average Bonchev–Trinajstić information content (AvgIpc) is 3.01. The zero-order chi connectivity index (χ0) is 12.3. The quantitative estimate of drug-likeness (QED) is 0.689. The van der Waals surface area contributed by atoms with E-state index in [0.717, 1.165) is 18.4 Å². The largest absolute Gasteiger partial charge is 0.470 e. The molecule has 0 saturated heterocycles. The highest BCUT2D eigenvalue weighted by molar-refractivity contribution is 9.10. The molecule has 0 unspecified atom stereocenters. The van der Waals surface area contributed by atoms with Gasteiger partial charge in [-0.05, 0) is 47.3 Å². The normalized spacial score (nSPS) is 23.6. The molecule has 1 fully saturated rings. The van der Waals surface area contributed by atoms with Gasteiger partial charge in [0.05, 0.1) is 5.75 Å². The molecule has 0 bridgehead atoms. The summed E-state index contributed by atoms with van der Waals surface area (Å²) in [5.74, 6) is 0.417. The first-order valence-electron chi connectivity index (χ1n) is 5.51. The predicted molar refractivity (Wildman–Crippen MR) is 65.9 cm³/mol. The van der Waals surface area contributed by atoms with Crippen LogP contribution < -0.4 is 4.74 Å². The van der Waals surface area contributed by atoms with E-state index in [-0.39, 0.29) is 22.1 Å². The topological polar surface area (TPSA) is 56.3 Å². The smallest absolute Gasteiger partial charge is 0.234 e. The molecule has 1 aromatic heterocycles. The maximum absolute atomic E-state index is 12.1. The fraction of sp³-hybridized carbons (Fsp3) is 0.545. The van der Waals surface area contributed by atoms with Gasteiger partial charge in [0.1, 0.15) is 15.1 Å². The fourth-order valence-electron chi connectivity index (χ4n) is 2.02. The van der Waals surface area contributed by atoms with E-state index in [4.69, 9.17) is 4.74 Å². The van der Waals surface area contributed by atoms with Crippen molar-refractivity contribution < 1.29 is 13.2 Å². The minimum atomic E-state index is -3.26. The summed E-state index contributed by atoms with van der Waals surface area (Å²) in [6, 6.07) is 1.64. The second kappa shape index (κ2) is 3.45. The van der Waals surface area contributed by atoms with Crippen LogP contribution in [0.1, 0.15) is 24.8 Å². The van der Waals surface area contributed by atoms with Gasteiger partial charge < -0.3 is 4.74 Å². The lowest BCUT2D eigenvalue weighted by Crippen LogP contribution is -2.18.